The van der Waals surface area contributed by atoms with Gasteiger partial charge in [-0.05, 0) is 0 Å². The third kappa shape index (κ3) is 1.27. The number of halogens is 7. The molecule has 1 fully saturated rings. The van der Waals surface area contributed by atoms with Gasteiger partial charge in [-0.1, -0.05) is 23.2 Å². The highest BCUT2D eigenvalue weighted by Crippen LogP contribution is 2.57. The topological polar surface area (TPSA) is 9.23 Å². The molecule has 0 aromatic heterocycles. The Morgan fingerprint density at radius 1 is 1.08 bits per heavy atom. The van der Waals surface area contributed by atoms with E-state index in [0.29, 0.717) is 0 Å². The normalized spacial score (nSPS) is 36.8. The van der Waals surface area contributed by atoms with Gasteiger partial charge in [0.2, 0.25) is 4.33 Å². The highest BCUT2D eigenvalue weighted by Gasteiger charge is 2.75. The Labute approximate surface area is 79.5 Å². The molecular formula is C4HCl3F4O. The lowest BCUT2D eigenvalue weighted by Gasteiger charge is -2.19. The quantitative estimate of drug-likeness (QED) is 0.472. The van der Waals surface area contributed by atoms with Crippen LogP contribution in [0.1, 0.15) is 0 Å². The fourth-order valence-corrected chi connectivity index (χ4v) is 1.15. The maximum Gasteiger partial charge on any atom is 0.395 e. The smallest absolute Gasteiger partial charge is 0.252 e. The molecule has 12 heavy (non-hydrogen) atoms. The summed E-state index contributed by atoms with van der Waals surface area (Å²) in [6.45, 7) is 0. The average Bonchev–Trinajstić information content (AvgIpc) is 1.90. The van der Waals surface area contributed by atoms with E-state index >= 15 is 0 Å². The summed E-state index contributed by atoms with van der Waals surface area (Å²) in [5.74, 6) is 0. The predicted molar refractivity (Wildman–Crippen MR) is 35.1 cm³/mol. The van der Waals surface area contributed by atoms with Crippen LogP contribution in [-0.4, -0.2) is 21.9 Å². The van der Waals surface area contributed by atoms with Crippen molar-refractivity contribution < 1.29 is 22.3 Å². The second kappa shape index (κ2) is 2.53. The van der Waals surface area contributed by atoms with Crippen molar-refractivity contribution in [2.75, 3.05) is 0 Å². The summed E-state index contributed by atoms with van der Waals surface area (Å²) in [4.78, 5) is 0. The molecule has 0 aliphatic carbocycles. The van der Waals surface area contributed by atoms with Gasteiger partial charge in [0.1, 0.15) is 0 Å². The van der Waals surface area contributed by atoms with Crippen LogP contribution >= 0.6 is 34.8 Å². The minimum Gasteiger partial charge on any atom is -0.252 e. The standard InChI is InChI=1S/C4HCl3F4O/c5-1-2(6,7)4(10,11)12-3(1,8)9/h1H. The number of hydrogen-bond acceptors (Lipinski definition) is 1. The Morgan fingerprint density at radius 3 is 1.58 bits per heavy atom. The van der Waals surface area contributed by atoms with E-state index in [-0.39, 0.29) is 0 Å². The van der Waals surface area contributed by atoms with Crippen molar-refractivity contribution in [2.45, 2.75) is 21.9 Å². The third-order valence-electron chi connectivity index (χ3n) is 1.27. The van der Waals surface area contributed by atoms with Crippen molar-refractivity contribution in [2.24, 2.45) is 0 Å². The molecule has 1 nitrogen and oxygen atoms in total. The zero-order valence-corrected chi connectivity index (χ0v) is 7.40. The van der Waals surface area contributed by atoms with Crippen molar-refractivity contribution >= 4 is 34.8 Å². The van der Waals surface area contributed by atoms with E-state index < -0.39 is 21.9 Å². The molecule has 0 saturated carbocycles. The Bertz CT molecular complexity index is 206. The minimum atomic E-state index is -4.36. The molecule has 0 aromatic rings. The molecule has 0 aromatic carbocycles. The first-order chi connectivity index (χ1) is 5.11. The fraction of sp³-hybridized carbons (Fsp3) is 1.00. The van der Waals surface area contributed by atoms with Gasteiger partial charge in [0.25, 0.3) is 0 Å². The van der Waals surface area contributed by atoms with Gasteiger partial charge in [0.15, 0.2) is 5.38 Å². The van der Waals surface area contributed by atoms with Crippen LogP contribution in [-0.2, 0) is 4.74 Å². The van der Waals surface area contributed by atoms with Gasteiger partial charge in [-0.25, -0.2) is 0 Å². The number of alkyl halides is 7. The lowest BCUT2D eigenvalue weighted by atomic mass is 10.3. The predicted octanol–water partition coefficient (Wildman–Crippen LogP) is 2.98. The highest BCUT2D eigenvalue weighted by molar-refractivity contribution is 6.53. The second-order valence-corrected chi connectivity index (χ2v) is 3.99. The molecule has 1 heterocycles. The van der Waals surface area contributed by atoms with E-state index in [1.165, 1.54) is 0 Å². The highest BCUT2D eigenvalue weighted by atomic mass is 35.5. The van der Waals surface area contributed by atoms with Crippen molar-refractivity contribution in [3.63, 3.8) is 0 Å². The van der Waals surface area contributed by atoms with Crippen LogP contribution in [0.25, 0.3) is 0 Å². The van der Waals surface area contributed by atoms with Crippen LogP contribution in [0.4, 0.5) is 17.6 Å². The lowest BCUT2D eigenvalue weighted by molar-refractivity contribution is -0.330. The van der Waals surface area contributed by atoms with Gasteiger partial charge in [-0.3, -0.25) is 4.74 Å². The molecule has 1 atom stereocenters. The molecule has 8 heteroatoms. The molecular weight excluding hydrogens is 246 g/mol. The van der Waals surface area contributed by atoms with Crippen LogP contribution in [0.15, 0.2) is 0 Å². The molecule has 0 radical (unpaired) electrons. The van der Waals surface area contributed by atoms with Crippen LogP contribution in [0.2, 0.25) is 0 Å². The summed E-state index contributed by atoms with van der Waals surface area (Å²) in [6, 6.07) is 0. The number of hydrogen-bond donors (Lipinski definition) is 0. The summed E-state index contributed by atoms with van der Waals surface area (Å²) >= 11 is 14.6. The van der Waals surface area contributed by atoms with Gasteiger partial charge in [0, 0.05) is 0 Å². The first kappa shape index (κ1) is 10.6. The zero-order valence-electron chi connectivity index (χ0n) is 5.13. The minimum absolute atomic E-state index is 2.48. The Kier molecular flexibility index (Phi) is 2.24. The van der Waals surface area contributed by atoms with Gasteiger partial charge in [0.05, 0.1) is 0 Å². The maximum absolute atomic E-state index is 12.4. The first-order valence-electron chi connectivity index (χ1n) is 2.59. The van der Waals surface area contributed by atoms with E-state index in [4.69, 9.17) is 34.8 Å². The van der Waals surface area contributed by atoms with Gasteiger partial charge in [-0.15, -0.1) is 11.6 Å². The lowest BCUT2D eigenvalue weighted by Crippen LogP contribution is -2.39. The third-order valence-corrected chi connectivity index (χ3v) is 2.95. The summed E-state index contributed by atoms with van der Waals surface area (Å²) < 4.78 is 49.4. The maximum atomic E-state index is 12.4. The van der Waals surface area contributed by atoms with Crippen LogP contribution in [0.3, 0.4) is 0 Å². The Balaban J connectivity index is 3.05. The molecule has 1 aliphatic rings. The van der Waals surface area contributed by atoms with Crippen LogP contribution in [0.5, 0.6) is 0 Å². The fourth-order valence-electron chi connectivity index (χ4n) is 0.649. The number of rotatable bonds is 0. The summed E-state index contributed by atoms with van der Waals surface area (Å²) in [6.07, 6.45) is -8.58. The van der Waals surface area contributed by atoms with Gasteiger partial charge in [-0.2, -0.15) is 17.6 Å². The van der Waals surface area contributed by atoms with Gasteiger partial charge >= 0.3 is 12.2 Å². The van der Waals surface area contributed by atoms with E-state index in [1.807, 2.05) is 0 Å². The molecule has 0 N–H and O–H groups in total. The Morgan fingerprint density at radius 2 is 1.50 bits per heavy atom. The molecule has 0 amide bonds. The Hall–Kier alpha value is 0.550. The summed E-state index contributed by atoms with van der Waals surface area (Å²) in [7, 11) is 0. The molecule has 1 rings (SSSR count). The molecule has 0 spiro atoms. The van der Waals surface area contributed by atoms with Gasteiger partial charge < -0.3 is 0 Å². The first-order valence-corrected chi connectivity index (χ1v) is 3.78. The second-order valence-electron chi connectivity index (χ2n) is 2.17. The van der Waals surface area contributed by atoms with E-state index in [9.17, 15) is 17.6 Å². The molecule has 72 valence electrons. The summed E-state index contributed by atoms with van der Waals surface area (Å²) in [5, 5.41) is -2.48. The van der Waals surface area contributed by atoms with Crippen molar-refractivity contribution in [1.82, 2.24) is 0 Å². The molecule has 1 aliphatic heterocycles. The van der Waals surface area contributed by atoms with E-state index in [2.05, 4.69) is 4.74 Å². The molecule has 1 saturated heterocycles. The monoisotopic (exact) mass is 246 g/mol. The van der Waals surface area contributed by atoms with Crippen molar-refractivity contribution in [3.05, 3.63) is 0 Å². The SMILES string of the molecule is FC1(F)OC(F)(F)C(Cl)(Cl)C1Cl. The molecule has 1 unspecified atom stereocenters. The largest absolute Gasteiger partial charge is 0.395 e. The van der Waals surface area contributed by atoms with Crippen LogP contribution < -0.4 is 0 Å². The van der Waals surface area contributed by atoms with E-state index in [0.717, 1.165) is 0 Å². The van der Waals surface area contributed by atoms with Crippen LogP contribution in [0, 0.1) is 0 Å². The van der Waals surface area contributed by atoms with Crippen molar-refractivity contribution in [1.29, 1.82) is 0 Å². The average molecular weight is 247 g/mol. The molecule has 0 bridgehead atoms. The van der Waals surface area contributed by atoms with E-state index in [1.54, 1.807) is 0 Å². The summed E-state index contributed by atoms with van der Waals surface area (Å²) in [5.41, 5.74) is 0. The zero-order chi connectivity index (χ0) is 9.78. The van der Waals surface area contributed by atoms with Crippen molar-refractivity contribution in [3.8, 4) is 0 Å². The number of ether oxygens (including phenoxy) is 1.